The molecule has 3 rings (SSSR count). The number of amides is 1. The molecule has 2 unspecified atom stereocenters. The highest BCUT2D eigenvalue weighted by Gasteiger charge is 2.34. The first-order valence-electron chi connectivity index (χ1n) is 6.11. The molecule has 1 aromatic carbocycles. The van der Waals surface area contributed by atoms with E-state index in [1.54, 1.807) is 23.1 Å². The van der Waals surface area contributed by atoms with Crippen molar-refractivity contribution in [3.8, 4) is 0 Å². The van der Waals surface area contributed by atoms with Crippen molar-refractivity contribution in [2.45, 2.75) is 12.2 Å². The first kappa shape index (κ1) is 13.2. The molecule has 0 aromatic heterocycles. The van der Waals surface area contributed by atoms with Gasteiger partial charge in [0, 0.05) is 13.1 Å². The van der Waals surface area contributed by atoms with Crippen LogP contribution in [0.2, 0.25) is 10.0 Å². The van der Waals surface area contributed by atoms with E-state index in [1.165, 1.54) is 0 Å². The van der Waals surface area contributed by atoms with Crippen molar-refractivity contribution in [2.24, 2.45) is 0 Å². The second kappa shape index (κ2) is 5.29. The van der Waals surface area contributed by atoms with Crippen LogP contribution in [-0.2, 0) is 9.47 Å². The van der Waals surface area contributed by atoms with Crippen LogP contribution in [0.4, 0.5) is 0 Å². The van der Waals surface area contributed by atoms with Crippen LogP contribution in [-0.4, -0.2) is 49.3 Å². The Bertz CT molecular complexity index is 487. The summed E-state index contributed by atoms with van der Waals surface area (Å²) in [5, 5.41) is 0.686. The molecular weight excluding hydrogens is 289 g/mol. The molecule has 0 radical (unpaired) electrons. The van der Waals surface area contributed by atoms with Gasteiger partial charge in [0.1, 0.15) is 0 Å². The monoisotopic (exact) mass is 301 g/mol. The smallest absolute Gasteiger partial charge is 0.255 e. The van der Waals surface area contributed by atoms with E-state index >= 15 is 0 Å². The standard InChI is InChI=1S/C13H13Cl2NO3/c14-11-3-1-2-10(12(11)15)13(17)16(4-8-6-18-8)5-9-7-19-9/h1-3,8-9H,4-7H2. The maximum atomic E-state index is 12.5. The average Bonchev–Trinajstić information content (AvgIpc) is 3.26. The van der Waals surface area contributed by atoms with Crippen molar-refractivity contribution < 1.29 is 14.3 Å². The fraction of sp³-hybridized carbons (Fsp3) is 0.462. The quantitative estimate of drug-likeness (QED) is 0.784. The van der Waals surface area contributed by atoms with Crippen molar-refractivity contribution in [1.29, 1.82) is 0 Å². The Labute approximate surface area is 121 Å². The lowest BCUT2D eigenvalue weighted by Crippen LogP contribution is -2.37. The molecule has 2 aliphatic rings. The number of ether oxygens (including phenoxy) is 2. The molecule has 6 heteroatoms. The Balaban J connectivity index is 1.79. The lowest BCUT2D eigenvalue weighted by Gasteiger charge is -2.21. The molecule has 0 N–H and O–H groups in total. The van der Waals surface area contributed by atoms with E-state index in [2.05, 4.69) is 0 Å². The third-order valence-corrected chi connectivity index (χ3v) is 3.94. The summed E-state index contributed by atoms with van der Waals surface area (Å²) < 4.78 is 10.4. The number of nitrogens with zero attached hydrogens (tertiary/aromatic N) is 1. The van der Waals surface area contributed by atoms with E-state index < -0.39 is 0 Å². The maximum absolute atomic E-state index is 12.5. The Morgan fingerprint density at radius 2 is 1.79 bits per heavy atom. The van der Waals surface area contributed by atoms with Crippen LogP contribution in [0.1, 0.15) is 10.4 Å². The number of halogens is 2. The van der Waals surface area contributed by atoms with Crippen molar-refractivity contribution >= 4 is 29.1 Å². The van der Waals surface area contributed by atoms with E-state index in [1.807, 2.05) is 0 Å². The third kappa shape index (κ3) is 3.20. The molecule has 2 fully saturated rings. The minimum Gasteiger partial charge on any atom is -0.371 e. The molecular formula is C13H13Cl2NO3. The molecule has 2 aliphatic heterocycles. The average molecular weight is 302 g/mol. The third-order valence-electron chi connectivity index (χ3n) is 3.12. The van der Waals surface area contributed by atoms with Crippen LogP contribution in [0, 0.1) is 0 Å². The highest BCUT2D eigenvalue weighted by molar-refractivity contribution is 6.43. The predicted molar refractivity (Wildman–Crippen MR) is 71.8 cm³/mol. The van der Waals surface area contributed by atoms with Crippen LogP contribution < -0.4 is 0 Å². The summed E-state index contributed by atoms with van der Waals surface area (Å²) in [6, 6.07) is 5.07. The first-order valence-corrected chi connectivity index (χ1v) is 6.87. The summed E-state index contributed by atoms with van der Waals surface area (Å²) in [4.78, 5) is 14.2. The Hall–Kier alpha value is -0.810. The molecule has 1 amide bonds. The van der Waals surface area contributed by atoms with Crippen LogP contribution in [0.15, 0.2) is 18.2 Å². The molecule has 2 heterocycles. The molecule has 0 bridgehead atoms. The topological polar surface area (TPSA) is 45.4 Å². The van der Waals surface area contributed by atoms with Gasteiger partial charge in [-0.1, -0.05) is 29.3 Å². The van der Waals surface area contributed by atoms with Gasteiger partial charge in [-0.25, -0.2) is 0 Å². The molecule has 19 heavy (non-hydrogen) atoms. The van der Waals surface area contributed by atoms with Gasteiger partial charge in [0.05, 0.1) is 41.0 Å². The van der Waals surface area contributed by atoms with Crippen molar-refractivity contribution in [2.75, 3.05) is 26.3 Å². The first-order chi connectivity index (χ1) is 9.15. The Morgan fingerprint density at radius 3 is 2.32 bits per heavy atom. The van der Waals surface area contributed by atoms with E-state index in [4.69, 9.17) is 32.7 Å². The van der Waals surface area contributed by atoms with Crippen LogP contribution in [0.3, 0.4) is 0 Å². The number of hydrogen-bond donors (Lipinski definition) is 0. The summed E-state index contributed by atoms with van der Waals surface area (Å²) in [5.74, 6) is -0.126. The lowest BCUT2D eigenvalue weighted by molar-refractivity contribution is 0.0729. The minimum absolute atomic E-state index is 0.126. The van der Waals surface area contributed by atoms with Crippen molar-refractivity contribution in [1.82, 2.24) is 4.90 Å². The lowest BCUT2D eigenvalue weighted by atomic mass is 10.2. The Kier molecular flexibility index (Phi) is 3.67. The van der Waals surface area contributed by atoms with Crippen LogP contribution in [0.5, 0.6) is 0 Å². The maximum Gasteiger partial charge on any atom is 0.255 e. The van der Waals surface area contributed by atoms with Crippen molar-refractivity contribution in [3.05, 3.63) is 33.8 Å². The largest absolute Gasteiger partial charge is 0.371 e. The summed E-state index contributed by atoms with van der Waals surface area (Å²) in [5.41, 5.74) is 0.426. The molecule has 0 saturated carbocycles. The van der Waals surface area contributed by atoms with Gasteiger partial charge < -0.3 is 14.4 Å². The summed E-state index contributed by atoms with van der Waals surface area (Å²) in [7, 11) is 0. The Morgan fingerprint density at radius 1 is 1.21 bits per heavy atom. The number of rotatable bonds is 5. The van der Waals surface area contributed by atoms with Gasteiger partial charge in [-0.3, -0.25) is 4.79 Å². The van der Waals surface area contributed by atoms with Gasteiger partial charge in [-0.05, 0) is 12.1 Å². The number of benzene rings is 1. The molecule has 0 aliphatic carbocycles. The molecule has 2 saturated heterocycles. The van der Waals surface area contributed by atoms with Gasteiger partial charge in [0.25, 0.3) is 5.91 Å². The number of hydrogen-bond acceptors (Lipinski definition) is 3. The number of carbonyl (C=O) groups is 1. The highest BCUT2D eigenvalue weighted by atomic mass is 35.5. The minimum atomic E-state index is -0.126. The zero-order valence-electron chi connectivity index (χ0n) is 10.1. The van der Waals surface area contributed by atoms with Crippen molar-refractivity contribution in [3.63, 3.8) is 0 Å². The van der Waals surface area contributed by atoms with Gasteiger partial charge in [-0.2, -0.15) is 0 Å². The van der Waals surface area contributed by atoms with Gasteiger partial charge in [-0.15, -0.1) is 0 Å². The molecule has 4 nitrogen and oxygen atoms in total. The van der Waals surface area contributed by atoms with E-state index in [0.29, 0.717) is 41.9 Å². The molecule has 2 atom stereocenters. The van der Waals surface area contributed by atoms with Gasteiger partial charge in [0.15, 0.2) is 0 Å². The number of epoxide rings is 2. The van der Waals surface area contributed by atoms with E-state index in [0.717, 1.165) is 0 Å². The molecule has 0 spiro atoms. The summed E-state index contributed by atoms with van der Waals surface area (Å²) in [6.45, 7) is 2.56. The van der Waals surface area contributed by atoms with Gasteiger partial charge >= 0.3 is 0 Å². The summed E-state index contributed by atoms with van der Waals surface area (Å²) >= 11 is 12.0. The number of carbonyl (C=O) groups excluding carboxylic acids is 1. The molecule has 1 aromatic rings. The van der Waals surface area contributed by atoms with Crippen LogP contribution in [0.25, 0.3) is 0 Å². The SMILES string of the molecule is O=C(c1cccc(Cl)c1Cl)N(CC1CO1)CC1CO1. The zero-order chi connectivity index (χ0) is 13.4. The molecule has 102 valence electrons. The second-order valence-electron chi connectivity index (χ2n) is 4.72. The predicted octanol–water partition coefficient (Wildman–Crippen LogP) is 2.23. The fourth-order valence-electron chi connectivity index (χ4n) is 1.92. The normalized spacial score (nSPS) is 24.1. The van der Waals surface area contributed by atoms with E-state index in [-0.39, 0.29) is 18.1 Å². The second-order valence-corrected chi connectivity index (χ2v) is 5.51. The van der Waals surface area contributed by atoms with Crippen LogP contribution >= 0.6 is 23.2 Å². The fourth-order valence-corrected chi connectivity index (χ4v) is 2.30. The highest BCUT2D eigenvalue weighted by Crippen LogP contribution is 2.27. The van der Waals surface area contributed by atoms with Gasteiger partial charge in [0.2, 0.25) is 0 Å². The van der Waals surface area contributed by atoms with E-state index in [9.17, 15) is 4.79 Å². The summed E-state index contributed by atoms with van der Waals surface area (Å²) in [6.07, 6.45) is 0.279. The zero-order valence-corrected chi connectivity index (χ0v) is 11.7.